The number of amides is 1. The van der Waals surface area contributed by atoms with E-state index in [9.17, 15) is 22.8 Å². The molecule has 1 unspecified atom stereocenters. The number of aryl methyl sites for hydroxylation is 1. The molecule has 0 saturated carbocycles. The lowest BCUT2D eigenvalue weighted by Gasteiger charge is -2.16. The second-order valence-electron chi connectivity index (χ2n) is 7.36. The Morgan fingerprint density at radius 1 is 1.23 bits per heavy atom. The molecule has 1 aliphatic heterocycles. The Balaban J connectivity index is 1.72. The molecule has 1 aromatic carbocycles. The van der Waals surface area contributed by atoms with Gasteiger partial charge in [-0.2, -0.15) is 28.6 Å². The summed E-state index contributed by atoms with van der Waals surface area (Å²) in [5, 5.41) is 20.4. The summed E-state index contributed by atoms with van der Waals surface area (Å²) in [7, 11) is 1.66. The molecule has 3 heterocycles. The minimum absolute atomic E-state index is 0.0177. The van der Waals surface area contributed by atoms with Gasteiger partial charge in [0.15, 0.2) is 5.69 Å². The fraction of sp³-hybridized carbons (Fsp3) is 0.190. The molecule has 14 heteroatoms. The van der Waals surface area contributed by atoms with Crippen molar-refractivity contribution in [2.24, 2.45) is 17.3 Å². The van der Waals surface area contributed by atoms with Gasteiger partial charge in [-0.15, -0.1) is 5.11 Å². The van der Waals surface area contributed by atoms with E-state index in [4.69, 9.17) is 21.6 Å². The Kier molecular flexibility index (Phi) is 6.23. The lowest BCUT2D eigenvalue weighted by molar-refractivity contribution is -0.142. The molecule has 0 N–H and O–H groups in total. The number of carbonyl (C=O) groups is 1. The maximum Gasteiger partial charge on any atom is 0.437 e. The molecule has 35 heavy (non-hydrogen) atoms. The molecule has 0 aliphatic carbocycles. The number of hydrogen-bond donors (Lipinski definition) is 0. The Hall–Kier alpha value is -4.31. The third kappa shape index (κ3) is 5.12. The number of azo groups is 1. The number of halogens is 4. The highest BCUT2D eigenvalue weighted by Gasteiger charge is 2.39. The predicted molar refractivity (Wildman–Crippen MR) is 114 cm³/mol. The van der Waals surface area contributed by atoms with E-state index in [0.717, 1.165) is 16.7 Å². The van der Waals surface area contributed by atoms with E-state index in [1.165, 1.54) is 23.0 Å². The van der Waals surface area contributed by atoms with Gasteiger partial charge >= 0.3 is 6.18 Å². The molecule has 1 amide bonds. The standard InChI is InChI=1S/C21H13ClF3N7O3/c1-31-8-12(7-28-31)16-5-14(29-30-19(16)33)9-32-10-27-18(21(23,24)25)17(20(32)34)35-15-3-11(6-26)2-13(22)4-15/h2-5,7-8,10,16H,9H2,1H3. The van der Waals surface area contributed by atoms with E-state index >= 15 is 0 Å². The van der Waals surface area contributed by atoms with Crippen LogP contribution in [0.4, 0.5) is 13.2 Å². The van der Waals surface area contributed by atoms with Crippen LogP contribution in [-0.2, 0) is 24.6 Å². The molecular formula is C21H13ClF3N7O3. The van der Waals surface area contributed by atoms with Crippen LogP contribution < -0.4 is 10.3 Å². The number of ether oxygens (including phenoxy) is 1. The number of nitrogens with zero attached hydrogens (tertiary/aromatic N) is 7. The molecule has 0 fully saturated rings. The van der Waals surface area contributed by atoms with Gasteiger partial charge in [-0.25, -0.2) is 4.98 Å². The average Bonchev–Trinajstić information content (AvgIpc) is 3.22. The smallest absolute Gasteiger partial charge is 0.437 e. The van der Waals surface area contributed by atoms with Crippen LogP contribution in [0.5, 0.6) is 11.5 Å². The Labute approximate surface area is 199 Å². The Morgan fingerprint density at radius 3 is 2.66 bits per heavy atom. The summed E-state index contributed by atoms with van der Waals surface area (Å²) in [6.07, 6.45) is 0.202. The maximum atomic E-state index is 13.6. The highest BCUT2D eigenvalue weighted by Crippen LogP contribution is 2.35. The van der Waals surface area contributed by atoms with E-state index in [1.54, 1.807) is 19.3 Å². The van der Waals surface area contributed by atoms with E-state index in [0.29, 0.717) is 11.9 Å². The first kappa shape index (κ1) is 23.8. The monoisotopic (exact) mass is 503 g/mol. The molecule has 0 bridgehead atoms. The number of nitriles is 1. The maximum absolute atomic E-state index is 13.6. The largest absolute Gasteiger partial charge is 0.449 e. The number of rotatable bonds is 5. The lowest BCUT2D eigenvalue weighted by atomic mass is 10.00. The average molecular weight is 504 g/mol. The van der Waals surface area contributed by atoms with Crippen LogP contribution >= 0.6 is 11.6 Å². The van der Waals surface area contributed by atoms with Crippen LogP contribution in [0.2, 0.25) is 5.02 Å². The second-order valence-corrected chi connectivity index (χ2v) is 7.80. The summed E-state index contributed by atoms with van der Waals surface area (Å²) < 4.78 is 48.3. The fourth-order valence-electron chi connectivity index (χ4n) is 3.25. The fourth-order valence-corrected chi connectivity index (χ4v) is 3.48. The van der Waals surface area contributed by atoms with Crippen molar-refractivity contribution in [1.82, 2.24) is 19.3 Å². The van der Waals surface area contributed by atoms with E-state index in [2.05, 4.69) is 20.3 Å². The quantitative estimate of drug-likeness (QED) is 0.518. The van der Waals surface area contributed by atoms with Gasteiger partial charge in [0.25, 0.3) is 11.5 Å². The highest BCUT2D eigenvalue weighted by atomic mass is 35.5. The van der Waals surface area contributed by atoms with Crippen LogP contribution in [0.15, 0.2) is 63.7 Å². The van der Waals surface area contributed by atoms with Crippen LogP contribution in [0.1, 0.15) is 22.7 Å². The summed E-state index contributed by atoms with van der Waals surface area (Å²) in [6, 6.07) is 5.36. The van der Waals surface area contributed by atoms with Crippen molar-refractivity contribution in [2.45, 2.75) is 18.6 Å². The first-order chi connectivity index (χ1) is 16.5. The zero-order valence-electron chi connectivity index (χ0n) is 17.7. The molecule has 1 aliphatic rings. The Morgan fingerprint density at radius 2 is 2.00 bits per heavy atom. The lowest BCUT2D eigenvalue weighted by Crippen LogP contribution is -2.27. The van der Waals surface area contributed by atoms with Crippen LogP contribution in [0, 0.1) is 11.3 Å². The molecule has 0 radical (unpaired) electrons. The van der Waals surface area contributed by atoms with Gasteiger partial charge in [-0.05, 0) is 24.3 Å². The zero-order valence-corrected chi connectivity index (χ0v) is 18.4. The van der Waals surface area contributed by atoms with Crippen molar-refractivity contribution in [1.29, 1.82) is 5.26 Å². The minimum Gasteiger partial charge on any atom is -0.449 e. The molecule has 2 aromatic heterocycles. The van der Waals surface area contributed by atoms with E-state index in [1.807, 2.05) is 0 Å². The van der Waals surface area contributed by atoms with Gasteiger partial charge in [0.05, 0.1) is 42.3 Å². The predicted octanol–water partition coefficient (Wildman–Crippen LogP) is 3.97. The summed E-state index contributed by atoms with van der Waals surface area (Å²) >= 11 is 5.89. The number of carbonyl (C=O) groups excluding carboxylic acids is 1. The molecular weight excluding hydrogens is 491 g/mol. The van der Waals surface area contributed by atoms with Crippen molar-refractivity contribution in [3.63, 3.8) is 0 Å². The second kappa shape index (κ2) is 9.15. The number of allylic oxidation sites excluding steroid dienone is 1. The molecule has 3 aromatic rings. The molecule has 0 spiro atoms. The number of benzene rings is 1. The topological polar surface area (TPSA) is 128 Å². The summed E-state index contributed by atoms with van der Waals surface area (Å²) in [5.74, 6) is -2.74. The third-order valence-electron chi connectivity index (χ3n) is 4.80. The van der Waals surface area contributed by atoms with Crippen molar-refractivity contribution >= 4 is 17.5 Å². The van der Waals surface area contributed by atoms with Gasteiger partial charge in [0.2, 0.25) is 5.75 Å². The van der Waals surface area contributed by atoms with E-state index in [-0.39, 0.29) is 28.6 Å². The zero-order chi connectivity index (χ0) is 25.3. The first-order valence-electron chi connectivity index (χ1n) is 9.75. The van der Waals surface area contributed by atoms with Crippen LogP contribution in [0.3, 0.4) is 0 Å². The highest BCUT2D eigenvalue weighted by molar-refractivity contribution is 6.30. The van der Waals surface area contributed by atoms with Crippen LogP contribution in [0.25, 0.3) is 0 Å². The van der Waals surface area contributed by atoms with Crippen LogP contribution in [-0.4, -0.2) is 25.2 Å². The summed E-state index contributed by atoms with van der Waals surface area (Å²) in [5.41, 5.74) is -2.03. The van der Waals surface area contributed by atoms with E-state index < -0.39 is 35.0 Å². The summed E-state index contributed by atoms with van der Waals surface area (Å²) in [4.78, 5) is 28.5. The molecule has 0 saturated heterocycles. The van der Waals surface area contributed by atoms with Gasteiger partial charge in [0.1, 0.15) is 5.75 Å². The van der Waals surface area contributed by atoms with Crippen molar-refractivity contribution in [2.75, 3.05) is 0 Å². The minimum atomic E-state index is -5.01. The van der Waals surface area contributed by atoms with Crippen molar-refractivity contribution in [3.8, 4) is 17.6 Å². The SMILES string of the molecule is Cn1cc(C2C=C(Cn3cnc(C(F)(F)F)c(Oc4cc(Cl)cc(C#N)c4)c3=O)N=NC2=O)cn1. The Bertz CT molecular complexity index is 1480. The molecule has 1 atom stereocenters. The normalized spacial score (nSPS) is 15.6. The van der Waals surface area contributed by atoms with Crippen molar-refractivity contribution < 1.29 is 22.7 Å². The van der Waals surface area contributed by atoms with Gasteiger partial charge in [-0.1, -0.05) is 11.6 Å². The molecule has 4 rings (SSSR count). The van der Waals surface area contributed by atoms with Crippen molar-refractivity contribution in [3.05, 3.63) is 80.9 Å². The first-order valence-corrected chi connectivity index (χ1v) is 10.1. The summed E-state index contributed by atoms with van der Waals surface area (Å²) in [6.45, 7) is -0.340. The number of alkyl halides is 3. The van der Waals surface area contributed by atoms with Gasteiger partial charge in [0, 0.05) is 23.8 Å². The molecule has 178 valence electrons. The molecule has 10 nitrogen and oxygen atoms in total. The number of aromatic nitrogens is 4. The number of hydrogen-bond acceptors (Lipinski definition) is 7. The third-order valence-corrected chi connectivity index (χ3v) is 5.02. The van der Waals surface area contributed by atoms with Gasteiger partial charge < -0.3 is 4.74 Å². The van der Waals surface area contributed by atoms with Gasteiger partial charge in [-0.3, -0.25) is 18.8 Å².